The van der Waals surface area contributed by atoms with Gasteiger partial charge in [-0.1, -0.05) is 78.5 Å². The predicted molar refractivity (Wildman–Crippen MR) is 142 cm³/mol. The molecular weight excluding hydrogens is 474 g/mol. The first kappa shape index (κ1) is 22.3. The van der Waals surface area contributed by atoms with Crippen molar-refractivity contribution < 1.29 is 4.90 Å². The van der Waals surface area contributed by atoms with E-state index in [2.05, 4.69) is 51.5 Å². The van der Waals surface area contributed by atoms with Crippen molar-refractivity contribution in [1.82, 2.24) is 19.2 Å². The number of hydrogen-bond acceptors (Lipinski definition) is 5. The monoisotopic (exact) mass is 500 g/mol. The van der Waals surface area contributed by atoms with E-state index in [0.717, 1.165) is 52.7 Å². The molecule has 0 spiro atoms. The molecule has 1 aliphatic heterocycles. The number of benzene rings is 2. The lowest BCUT2D eigenvalue weighted by Gasteiger charge is -2.23. The van der Waals surface area contributed by atoms with Gasteiger partial charge in [0.1, 0.15) is 17.9 Å². The van der Waals surface area contributed by atoms with Crippen LogP contribution in [0.3, 0.4) is 0 Å². The molecule has 0 aliphatic carbocycles. The van der Waals surface area contributed by atoms with Gasteiger partial charge >= 0.3 is 0 Å². The zero-order chi connectivity index (χ0) is 23.8. The topological polar surface area (TPSA) is 56.6 Å². The van der Waals surface area contributed by atoms with E-state index in [9.17, 15) is 4.79 Å². The molecular formula is C27H26N5OS2+. The number of quaternary nitrogens is 1. The second-order valence-electron chi connectivity index (χ2n) is 8.87. The number of hydrogen-bond donors (Lipinski definition) is 1. The summed E-state index contributed by atoms with van der Waals surface area (Å²) in [5, 5.41) is 10.6. The minimum Gasteiger partial charge on any atom is -0.326 e. The average molecular weight is 501 g/mol. The van der Waals surface area contributed by atoms with Crippen LogP contribution < -0.4 is 10.5 Å². The van der Waals surface area contributed by atoms with Gasteiger partial charge in [-0.15, -0.1) is 28.1 Å². The summed E-state index contributed by atoms with van der Waals surface area (Å²) >= 11 is 3.33. The van der Waals surface area contributed by atoms with E-state index in [1.165, 1.54) is 20.9 Å². The Morgan fingerprint density at radius 1 is 1.06 bits per heavy atom. The Bertz CT molecular complexity index is 1570. The highest BCUT2D eigenvalue weighted by Crippen LogP contribution is 2.33. The zero-order valence-corrected chi connectivity index (χ0v) is 20.9. The molecule has 6 nitrogen and oxygen atoms in total. The van der Waals surface area contributed by atoms with Crippen molar-refractivity contribution in [3.8, 4) is 0 Å². The van der Waals surface area contributed by atoms with Crippen LogP contribution in [0.4, 0.5) is 0 Å². The Labute approximate surface area is 211 Å². The van der Waals surface area contributed by atoms with Crippen molar-refractivity contribution in [3.63, 3.8) is 0 Å². The van der Waals surface area contributed by atoms with E-state index in [1.807, 2.05) is 36.4 Å². The maximum absolute atomic E-state index is 13.9. The minimum absolute atomic E-state index is 0.0352. The van der Waals surface area contributed by atoms with Crippen molar-refractivity contribution in [3.05, 3.63) is 105 Å². The molecule has 0 amide bonds. The summed E-state index contributed by atoms with van der Waals surface area (Å²) in [7, 11) is 0. The van der Waals surface area contributed by atoms with E-state index in [0.29, 0.717) is 12.3 Å². The van der Waals surface area contributed by atoms with Gasteiger partial charge in [-0.25, -0.2) is 4.40 Å². The Morgan fingerprint density at radius 2 is 1.80 bits per heavy atom. The van der Waals surface area contributed by atoms with Crippen LogP contribution in [0.15, 0.2) is 83.3 Å². The molecule has 5 aromatic rings. The Kier molecular flexibility index (Phi) is 6.01. The lowest BCUT2D eigenvalue weighted by atomic mass is 10.0. The number of nitrogens with zero attached hydrogens (tertiary/aromatic N) is 4. The van der Waals surface area contributed by atoms with Gasteiger partial charge < -0.3 is 4.90 Å². The number of thioether (sulfide) groups is 1. The van der Waals surface area contributed by atoms with Crippen LogP contribution in [0.2, 0.25) is 0 Å². The molecule has 0 radical (unpaired) electrons. The van der Waals surface area contributed by atoms with Crippen LogP contribution in [0.1, 0.15) is 21.6 Å². The van der Waals surface area contributed by atoms with E-state index in [4.69, 9.17) is 0 Å². The minimum atomic E-state index is 0.0352. The normalized spacial score (nSPS) is 15.5. The standard InChI is InChI=1S/C27H25N5OS2/c1-2-15-34-27-29-28-26-31(17-20-11-7-4-8-12-20)24(33)23-21-13-14-30(16-19-9-5-3-6-10-19)18-22(21)35-25(23)32(26)27/h2-12H,1,13-18H2/p+1. The van der Waals surface area contributed by atoms with Crippen LogP contribution in [-0.2, 0) is 26.1 Å². The molecule has 4 heterocycles. The Morgan fingerprint density at radius 3 is 2.54 bits per heavy atom. The summed E-state index contributed by atoms with van der Waals surface area (Å²) in [4.78, 5) is 17.7. The first-order chi connectivity index (χ1) is 17.2. The van der Waals surface area contributed by atoms with Crippen LogP contribution in [0.25, 0.3) is 16.0 Å². The summed E-state index contributed by atoms with van der Waals surface area (Å²) in [5.41, 5.74) is 3.67. The lowest BCUT2D eigenvalue weighted by molar-refractivity contribution is -0.929. The molecule has 0 saturated heterocycles. The van der Waals surface area contributed by atoms with Crippen LogP contribution >= 0.6 is 23.1 Å². The Balaban J connectivity index is 1.49. The van der Waals surface area contributed by atoms with Crippen LogP contribution in [0.5, 0.6) is 0 Å². The van der Waals surface area contributed by atoms with E-state index in [-0.39, 0.29) is 5.56 Å². The van der Waals surface area contributed by atoms with E-state index in [1.54, 1.807) is 27.7 Å². The van der Waals surface area contributed by atoms with Gasteiger partial charge in [-0.3, -0.25) is 9.36 Å². The van der Waals surface area contributed by atoms with Gasteiger partial charge in [-0.2, -0.15) is 0 Å². The SMILES string of the molecule is C=CCSc1nnc2n(Cc3ccccc3)c(=O)c3c4c(sc3n12)C[NH+](Cc1ccccc1)CC4. The second-order valence-corrected chi connectivity index (χ2v) is 10.9. The number of nitrogens with one attached hydrogen (secondary N) is 1. The van der Waals surface area contributed by atoms with Crippen molar-refractivity contribution in [2.75, 3.05) is 12.3 Å². The number of aromatic nitrogens is 4. The van der Waals surface area contributed by atoms with Crippen molar-refractivity contribution in [1.29, 1.82) is 0 Å². The second kappa shape index (κ2) is 9.45. The van der Waals surface area contributed by atoms with Gasteiger partial charge in [0.2, 0.25) is 5.78 Å². The first-order valence-electron chi connectivity index (χ1n) is 11.8. The molecule has 0 bridgehead atoms. The predicted octanol–water partition coefficient (Wildman–Crippen LogP) is 3.57. The van der Waals surface area contributed by atoms with Gasteiger partial charge in [0.25, 0.3) is 5.56 Å². The third-order valence-electron chi connectivity index (χ3n) is 6.54. The lowest BCUT2D eigenvalue weighted by Crippen LogP contribution is -3.10. The average Bonchev–Trinajstić information content (AvgIpc) is 3.48. The zero-order valence-electron chi connectivity index (χ0n) is 19.3. The highest BCUT2D eigenvalue weighted by molar-refractivity contribution is 7.99. The summed E-state index contributed by atoms with van der Waals surface area (Å²) in [6.45, 7) is 7.27. The summed E-state index contributed by atoms with van der Waals surface area (Å²) < 4.78 is 3.88. The molecule has 3 aromatic heterocycles. The van der Waals surface area contributed by atoms with Crippen LogP contribution in [-0.4, -0.2) is 31.5 Å². The number of rotatable bonds is 7. The largest absolute Gasteiger partial charge is 0.326 e. The molecule has 0 saturated carbocycles. The highest BCUT2D eigenvalue weighted by Gasteiger charge is 2.29. The number of thiophene rings is 1. The third kappa shape index (κ3) is 4.11. The maximum Gasteiger partial charge on any atom is 0.264 e. The van der Waals surface area contributed by atoms with Gasteiger partial charge in [-0.05, 0) is 11.1 Å². The van der Waals surface area contributed by atoms with Crippen molar-refractivity contribution >= 4 is 39.1 Å². The molecule has 176 valence electrons. The fourth-order valence-corrected chi connectivity index (χ4v) is 7.05. The quantitative estimate of drug-likeness (QED) is 0.274. The molecule has 35 heavy (non-hydrogen) atoms. The van der Waals surface area contributed by atoms with Crippen molar-refractivity contribution in [2.45, 2.75) is 31.2 Å². The maximum atomic E-state index is 13.9. The fourth-order valence-electron chi connectivity index (χ4n) is 4.91. The van der Waals surface area contributed by atoms with Gasteiger partial charge in [0, 0.05) is 17.7 Å². The molecule has 0 fully saturated rings. The fraction of sp³-hybridized carbons (Fsp3) is 0.222. The van der Waals surface area contributed by atoms with E-state index >= 15 is 0 Å². The van der Waals surface area contributed by atoms with Crippen molar-refractivity contribution in [2.24, 2.45) is 0 Å². The highest BCUT2D eigenvalue weighted by atomic mass is 32.2. The van der Waals surface area contributed by atoms with Gasteiger partial charge in [0.05, 0.1) is 23.4 Å². The molecule has 2 aromatic carbocycles. The summed E-state index contributed by atoms with van der Waals surface area (Å²) in [6, 6.07) is 20.7. The third-order valence-corrected chi connectivity index (χ3v) is 8.68. The molecule has 1 unspecified atom stereocenters. The molecule has 8 heteroatoms. The smallest absolute Gasteiger partial charge is 0.264 e. The molecule has 1 aliphatic rings. The molecule has 1 N–H and O–H groups in total. The van der Waals surface area contributed by atoms with E-state index < -0.39 is 0 Å². The van der Waals surface area contributed by atoms with Gasteiger partial charge in [0.15, 0.2) is 5.16 Å². The number of fused-ring (bicyclic) bond motifs is 5. The summed E-state index contributed by atoms with van der Waals surface area (Å²) in [6.07, 6.45) is 2.77. The molecule has 1 atom stereocenters. The molecule has 6 rings (SSSR count). The van der Waals surface area contributed by atoms with Crippen LogP contribution in [0, 0.1) is 0 Å². The summed E-state index contributed by atoms with van der Waals surface area (Å²) in [5.74, 6) is 1.34. The Hall–Kier alpha value is -3.20. The first-order valence-corrected chi connectivity index (χ1v) is 13.6.